The van der Waals surface area contributed by atoms with E-state index in [1.807, 2.05) is 0 Å². The molecule has 2 N–H and O–H groups in total. The van der Waals surface area contributed by atoms with E-state index in [1.54, 1.807) is 6.07 Å². The molecule has 7 heteroatoms. The largest absolute Gasteiger partial charge is 0.481 e. The average Bonchev–Trinajstić information content (AvgIpc) is 2.37. The molecule has 0 radical (unpaired) electrons. The van der Waals surface area contributed by atoms with Crippen molar-refractivity contribution in [2.45, 2.75) is 31.5 Å². The Morgan fingerprint density at radius 2 is 2.10 bits per heavy atom. The maximum atomic E-state index is 12.7. The van der Waals surface area contributed by atoms with E-state index in [0.29, 0.717) is 18.5 Å². The van der Waals surface area contributed by atoms with Gasteiger partial charge in [-0.1, -0.05) is 12.1 Å². The minimum atomic E-state index is -4.36. The monoisotopic (exact) mass is 323 g/mol. The summed E-state index contributed by atoms with van der Waals surface area (Å²) >= 11 is 0. The molecule has 1 saturated heterocycles. The van der Waals surface area contributed by atoms with Gasteiger partial charge in [-0.15, -0.1) is 12.4 Å². The van der Waals surface area contributed by atoms with Crippen molar-refractivity contribution in [3.63, 3.8) is 0 Å². The molecule has 1 aromatic rings. The van der Waals surface area contributed by atoms with E-state index < -0.39 is 17.7 Å². The molecular formula is C14H17ClF3NO2. The van der Waals surface area contributed by atoms with Gasteiger partial charge in [-0.2, -0.15) is 13.2 Å². The van der Waals surface area contributed by atoms with E-state index in [0.717, 1.165) is 18.6 Å². The van der Waals surface area contributed by atoms with Crippen LogP contribution in [0.3, 0.4) is 0 Å². The highest BCUT2D eigenvalue weighted by molar-refractivity contribution is 5.85. The van der Waals surface area contributed by atoms with Crippen LogP contribution < -0.4 is 5.32 Å². The highest BCUT2D eigenvalue weighted by Gasteiger charge is 2.32. The second-order valence-electron chi connectivity index (χ2n) is 5.12. The molecule has 3 nitrogen and oxygen atoms in total. The molecule has 118 valence electrons. The minimum absolute atomic E-state index is 0. The van der Waals surface area contributed by atoms with Crippen LogP contribution in [0, 0.1) is 5.92 Å². The Kier molecular flexibility index (Phi) is 6.04. The highest BCUT2D eigenvalue weighted by Crippen LogP contribution is 2.34. The van der Waals surface area contributed by atoms with Gasteiger partial charge in [-0.25, -0.2) is 0 Å². The van der Waals surface area contributed by atoms with Crippen LogP contribution in [0.5, 0.6) is 0 Å². The molecule has 2 unspecified atom stereocenters. The van der Waals surface area contributed by atoms with Crippen molar-refractivity contribution in [1.82, 2.24) is 5.32 Å². The number of carboxylic acids is 1. The standard InChI is InChI=1S/C14H16F3NO2.ClH/c15-14(16,17)11-3-1-2-10(8-11)12-6-9(4-5-18-12)7-13(19)20;/h1-3,8-9,12,18H,4-7H2,(H,19,20);1H. The number of halogens is 4. The predicted molar refractivity (Wildman–Crippen MR) is 74.4 cm³/mol. The topological polar surface area (TPSA) is 49.3 Å². The number of piperidine rings is 1. The van der Waals surface area contributed by atoms with Gasteiger partial charge in [0.2, 0.25) is 0 Å². The lowest BCUT2D eigenvalue weighted by Gasteiger charge is -2.30. The molecule has 2 rings (SSSR count). The van der Waals surface area contributed by atoms with Gasteiger partial charge < -0.3 is 10.4 Å². The van der Waals surface area contributed by atoms with Crippen molar-refractivity contribution in [3.05, 3.63) is 35.4 Å². The fourth-order valence-electron chi connectivity index (χ4n) is 2.61. The Hall–Kier alpha value is -1.27. The summed E-state index contributed by atoms with van der Waals surface area (Å²) in [6.07, 6.45) is -3.00. The fraction of sp³-hybridized carbons (Fsp3) is 0.500. The van der Waals surface area contributed by atoms with E-state index >= 15 is 0 Å². The lowest BCUT2D eigenvalue weighted by Crippen LogP contribution is -2.32. The van der Waals surface area contributed by atoms with E-state index in [9.17, 15) is 18.0 Å². The maximum absolute atomic E-state index is 12.7. The Bertz CT molecular complexity index is 493. The Morgan fingerprint density at radius 1 is 1.38 bits per heavy atom. The second kappa shape index (κ2) is 7.13. The Labute approximate surface area is 127 Å². The lowest BCUT2D eigenvalue weighted by molar-refractivity contribution is -0.138. The first-order valence-electron chi connectivity index (χ1n) is 6.48. The number of nitrogens with one attached hydrogen (secondary N) is 1. The van der Waals surface area contributed by atoms with E-state index in [-0.39, 0.29) is 30.8 Å². The van der Waals surface area contributed by atoms with Crippen LogP contribution in [0.1, 0.15) is 36.4 Å². The summed E-state index contributed by atoms with van der Waals surface area (Å²) in [7, 11) is 0. The van der Waals surface area contributed by atoms with Gasteiger partial charge in [0.1, 0.15) is 0 Å². The Morgan fingerprint density at radius 3 is 2.71 bits per heavy atom. The number of aliphatic carboxylic acids is 1. The smallest absolute Gasteiger partial charge is 0.416 e. The SMILES string of the molecule is Cl.O=C(O)CC1CCNC(c2cccc(C(F)(F)F)c2)C1. The molecule has 1 aliphatic rings. The molecule has 2 atom stereocenters. The number of carbonyl (C=O) groups is 1. The number of rotatable bonds is 3. The first kappa shape index (κ1) is 17.8. The quantitative estimate of drug-likeness (QED) is 0.893. The van der Waals surface area contributed by atoms with E-state index in [4.69, 9.17) is 5.11 Å². The van der Waals surface area contributed by atoms with Crippen LogP contribution in [0.4, 0.5) is 13.2 Å². The lowest BCUT2D eigenvalue weighted by atomic mass is 9.86. The highest BCUT2D eigenvalue weighted by atomic mass is 35.5. The Balaban J connectivity index is 0.00000220. The minimum Gasteiger partial charge on any atom is -0.481 e. The van der Waals surface area contributed by atoms with E-state index in [1.165, 1.54) is 6.07 Å². The molecule has 1 aromatic carbocycles. The molecule has 21 heavy (non-hydrogen) atoms. The normalized spacial score (nSPS) is 22.4. The average molecular weight is 324 g/mol. The molecule has 1 aliphatic heterocycles. The van der Waals surface area contributed by atoms with Crippen molar-refractivity contribution in [2.75, 3.05) is 6.54 Å². The number of carboxylic acid groups (broad SMARTS) is 1. The zero-order valence-corrected chi connectivity index (χ0v) is 12.0. The summed E-state index contributed by atoms with van der Waals surface area (Å²) < 4.78 is 38.1. The van der Waals surface area contributed by atoms with Crippen LogP contribution in [-0.2, 0) is 11.0 Å². The third-order valence-corrected chi connectivity index (χ3v) is 3.59. The van der Waals surface area contributed by atoms with Gasteiger partial charge in [0, 0.05) is 12.5 Å². The van der Waals surface area contributed by atoms with Gasteiger partial charge in [0.25, 0.3) is 0 Å². The maximum Gasteiger partial charge on any atom is 0.416 e. The third-order valence-electron chi connectivity index (χ3n) is 3.59. The molecule has 1 heterocycles. The molecule has 0 saturated carbocycles. The summed E-state index contributed by atoms with van der Waals surface area (Å²) in [5.74, 6) is -0.854. The van der Waals surface area contributed by atoms with Gasteiger partial charge >= 0.3 is 12.1 Å². The molecule has 0 aliphatic carbocycles. The number of benzene rings is 1. The summed E-state index contributed by atoms with van der Waals surface area (Å²) in [6, 6.07) is 5.01. The second-order valence-corrected chi connectivity index (χ2v) is 5.12. The van der Waals surface area contributed by atoms with Crippen molar-refractivity contribution in [1.29, 1.82) is 0 Å². The number of hydrogen-bond donors (Lipinski definition) is 2. The van der Waals surface area contributed by atoms with Crippen LogP contribution in [0.25, 0.3) is 0 Å². The molecular weight excluding hydrogens is 307 g/mol. The van der Waals surface area contributed by atoms with Gasteiger partial charge in [0.15, 0.2) is 0 Å². The third kappa shape index (κ3) is 4.89. The first-order chi connectivity index (χ1) is 9.36. The van der Waals surface area contributed by atoms with Crippen LogP contribution in [-0.4, -0.2) is 17.6 Å². The summed E-state index contributed by atoms with van der Waals surface area (Å²) in [4.78, 5) is 10.7. The zero-order valence-electron chi connectivity index (χ0n) is 11.2. The molecule has 0 amide bonds. The summed E-state index contributed by atoms with van der Waals surface area (Å²) in [6.45, 7) is 0.624. The van der Waals surface area contributed by atoms with Gasteiger partial charge in [0.05, 0.1) is 5.56 Å². The van der Waals surface area contributed by atoms with Gasteiger partial charge in [-0.05, 0) is 43.0 Å². The van der Waals surface area contributed by atoms with Gasteiger partial charge in [-0.3, -0.25) is 4.79 Å². The molecule has 0 bridgehead atoms. The molecule has 0 aromatic heterocycles. The summed E-state index contributed by atoms with van der Waals surface area (Å²) in [5.41, 5.74) is -0.105. The van der Waals surface area contributed by atoms with Crippen LogP contribution >= 0.6 is 12.4 Å². The van der Waals surface area contributed by atoms with Crippen molar-refractivity contribution in [3.8, 4) is 0 Å². The van der Waals surface area contributed by atoms with Crippen molar-refractivity contribution in [2.24, 2.45) is 5.92 Å². The number of hydrogen-bond acceptors (Lipinski definition) is 2. The number of alkyl halides is 3. The van der Waals surface area contributed by atoms with Crippen LogP contribution in [0.15, 0.2) is 24.3 Å². The van der Waals surface area contributed by atoms with E-state index in [2.05, 4.69) is 5.32 Å². The summed E-state index contributed by atoms with van der Waals surface area (Å²) in [5, 5.41) is 12.0. The van der Waals surface area contributed by atoms with Crippen molar-refractivity contribution >= 4 is 18.4 Å². The molecule has 1 fully saturated rings. The van der Waals surface area contributed by atoms with Crippen LogP contribution in [0.2, 0.25) is 0 Å². The zero-order chi connectivity index (χ0) is 14.8. The fourth-order valence-corrected chi connectivity index (χ4v) is 2.61. The van der Waals surface area contributed by atoms with Crippen molar-refractivity contribution < 1.29 is 23.1 Å². The predicted octanol–water partition coefficient (Wildman–Crippen LogP) is 3.64. The molecule has 0 spiro atoms. The first-order valence-corrected chi connectivity index (χ1v) is 6.48.